The maximum atomic E-state index is 13.5. The lowest BCUT2D eigenvalue weighted by Gasteiger charge is -2.33. The molecule has 1 unspecified atom stereocenters. The van der Waals surface area contributed by atoms with E-state index >= 15 is 0 Å². The third-order valence-corrected chi connectivity index (χ3v) is 7.30. The lowest BCUT2D eigenvalue weighted by molar-refractivity contribution is -0.153. The van der Waals surface area contributed by atoms with Gasteiger partial charge in [0.1, 0.15) is 17.9 Å². The van der Waals surface area contributed by atoms with Gasteiger partial charge in [-0.1, -0.05) is 17.3 Å². The lowest BCUT2D eigenvalue weighted by Crippen LogP contribution is -2.60. The second-order valence-corrected chi connectivity index (χ2v) is 10.2. The maximum absolute atomic E-state index is 13.5. The van der Waals surface area contributed by atoms with Crippen molar-refractivity contribution in [1.82, 2.24) is 25.4 Å². The van der Waals surface area contributed by atoms with E-state index in [0.29, 0.717) is 17.0 Å². The topological polar surface area (TPSA) is 252 Å². The standard InChI is InChI=1S/C24H29BN8O9S/c1-2-32-6-7-33(21(36)20(32)35)24(39)31-17(14-11-43-23(27)29-14)19(34)30-15-9-12-3-4-13(10-28-41-8-5-26)16(22(37)38)18(12)42-25(15)40/h3-4,10-11,15,17,40H,2,5-9,26H2,1H3,(H2,27,29)(H,30,34)(H,31,39)(H,37,38)/t15-,17?/m0/s1. The number of nitrogens with one attached hydrogen (secondary N) is 2. The summed E-state index contributed by atoms with van der Waals surface area (Å²) in [7, 11) is -1.69. The van der Waals surface area contributed by atoms with Crippen molar-refractivity contribution in [3.8, 4) is 5.75 Å². The van der Waals surface area contributed by atoms with Crippen LogP contribution in [0.15, 0.2) is 22.7 Å². The SMILES string of the molecule is CCN1CCN(C(=O)NC(C(=O)N[C@H]2Cc3ccc(C=NOCCN)c(C(=O)O)c3OB2O)c2csc(N)n2)C(=O)C1=O. The number of rotatable bonds is 10. The zero-order valence-corrected chi connectivity index (χ0v) is 23.7. The average molecular weight is 616 g/mol. The number of amides is 5. The number of carboxylic acid groups (broad SMARTS) is 1. The van der Waals surface area contributed by atoms with Gasteiger partial charge in [0.05, 0.1) is 17.8 Å². The molecule has 1 aromatic carbocycles. The molecule has 0 radical (unpaired) electrons. The summed E-state index contributed by atoms with van der Waals surface area (Å²) < 4.78 is 5.54. The van der Waals surface area contributed by atoms with Gasteiger partial charge in [0.25, 0.3) is 0 Å². The van der Waals surface area contributed by atoms with Crippen LogP contribution in [0.25, 0.3) is 0 Å². The number of aromatic carboxylic acids is 1. The number of anilines is 1. The van der Waals surface area contributed by atoms with E-state index in [-0.39, 0.29) is 60.4 Å². The van der Waals surface area contributed by atoms with Crippen LogP contribution in [-0.2, 0) is 25.6 Å². The summed E-state index contributed by atoms with van der Waals surface area (Å²) in [4.78, 5) is 74.3. The van der Waals surface area contributed by atoms with Crippen molar-refractivity contribution < 1.29 is 43.6 Å². The quantitative estimate of drug-likeness (QED) is 0.0575. The summed E-state index contributed by atoms with van der Waals surface area (Å²) in [6, 6.07) is 0.552. The van der Waals surface area contributed by atoms with Crippen molar-refractivity contribution in [3.63, 3.8) is 0 Å². The van der Waals surface area contributed by atoms with Gasteiger partial charge in [0.15, 0.2) is 11.2 Å². The fourth-order valence-electron chi connectivity index (χ4n) is 4.47. The molecular weight excluding hydrogens is 587 g/mol. The Morgan fingerprint density at radius 2 is 2.09 bits per heavy atom. The average Bonchev–Trinajstić information content (AvgIpc) is 3.41. The summed E-state index contributed by atoms with van der Waals surface area (Å²) in [5.74, 6) is -5.26. The molecule has 2 aliphatic heterocycles. The van der Waals surface area contributed by atoms with Crippen molar-refractivity contribution in [2.24, 2.45) is 10.9 Å². The molecule has 0 aliphatic carbocycles. The molecule has 228 valence electrons. The number of carboxylic acids is 1. The van der Waals surface area contributed by atoms with Crippen LogP contribution in [0.3, 0.4) is 0 Å². The Morgan fingerprint density at radius 1 is 1.33 bits per heavy atom. The molecular formula is C24H29BN8O9S. The van der Waals surface area contributed by atoms with Crippen LogP contribution in [0.4, 0.5) is 9.93 Å². The van der Waals surface area contributed by atoms with E-state index in [4.69, 9.17) is 21.0 Å². The smallest absolute Gasteiger partial charge is 0.534 e. The first-order chi connectivity index (χ1) is 20.5. The highest BCUT2D eigenvalue weighted by Crippen LogP contribution is 2.32. The number of thiazole rings is 1. The molecule has 43 heavy (non-hydrogen) atoms. The minimum absolute atomic E-state index is 0.0462. The van der Waals surface area contributed by atoms with E-state index in [1.807, 2.05) is 0 Å². The molecule has 0 saturated carbocycles. The summed E-state index contributed by atoms with van der Waals surface area (Å²) in [5.41, 5.74) is 11.4. The van der Waals surface area contributed by atoms with Gasteiger partial charge in [0.2, 0.25) is 5.91 Å². The van der Waals surface area contributed by atoms with Crippen LogP contribution in [0.5, 0.6) is 5.75 Å². The number of nitrogen functional groups attached to an aromatic ring is 1. The molecule has 2 atom stereocenters. The number of nitrogens with two attached hydrogens (primary N) is 2. The van der Waals surface area contributed by atoms with E-state index in [9.17, 15) is 34.1 Å². The predicted octanol–water partition coefficient (Wildman–Crippen LogP) is -1.69. The van der Waals surface area contributed by atoms with Crippen LogP contribution in [0.2, 0.25) is 0 Å². The number of aromatic nitrogens is 1. The first-order valence-corrected chi connectivity index (χ1v) is 13.9. The molecule has 5 amide bonds. The fraction of sp³-hybridized carbons (Fsp3) is 0.375. The predicted molar refractivity (Wildman–Crippen MR) is 152 cm³/mol. The normalized spacial score (nSPS) is 17.4. The largest absolute Gasteiger partial charge is 0.547 e. The molecule has 0 bridgehead atoms. The van der Waals surface area contributed by atoms with E-state index in [2.05, 4.69) is 20.8 Å². The second kappa shape index (κ2) is 13.5. The Hall–Kier alpha value is -4.75. The molecule has 19 heteroatoms. The number of oxime groups is 1. The highest BCUT2D eigenvalue weighted by molar-refractivity contribution is 7.13. The molecule has 2 aromatic rings. The summed E-state index contributed by atoms with van der Waals surface area (Å²) >= 11 is 1.01. The summed E-state index contributed by atoms with van der Waals surface area (Å²) in [6.45, 7) is 2.38. The second-order valence-electron chi connectivity index (χ2n) is 9.34. The number of carbonyl (C=O) groups is 5. The van der Waals surface area contributed by atoms with Gasteiger partial charge in [-0.2, -0.15) is 0 Å². The van der Waals surface area contributed by atoms with Crippen molar-refractivity contribution in [2.75, 3.05) is 38.5 Å². The van der Waals surface area contributed by atoms with Gasteiger partial charge in [-0.05, 0) is 18.9 Å². The molecule has 8 N–H and O–H groups in total. The summed E-state index contributed by atoms with van der Waals surface area (Å²) in [5, 5.41) is 30.8. The zero-order valence-electron chi connectivity index (χ0n) is 22.9. The Labute approximate surface area is 248 Å². The number of nitrogens with zero attached hydrogens (tertiary/aromatic N) is 4. The van der Waals surface area contributed by atoms with Gasteiger partial charge in [-0.25, -0.2) is 14.6 Å². The molecule has 2 aliphatic rings. The molecule has 1 aromatic heterocycles. The first kappa shape index (κ1) is 31.2. The molecule has 3 heterocycles. The number of hydrogen-bond acceptors (Lipinski definition) is 13. The molecule has 1 saturated heterocycles. The van der Waals surface area contributed by atoms with Crippen LogP contribution in [0.1, 0.15) is 40.1 Å². The van der Waals surface area contributed by atoms with E-state index in [1.54, 1.807) is 13.0 Å². The van der Waals surface area contributed by atoms with E-state index in [1.165, 1.54) is 22.6 Å². The van der Waals surface area contributed by atoms with Crippen molar-refractivity contribution in [1.29, 1.82) is 0 Å². The van der Waals surface area contributed by atoms with Gasteiger partial charge in [-0.15, -0.1) is 11.3 Å². The van der Waals surface area contributed by atoms with Crippen molar-refractivity contribution in [2.45, 2.75) is 25.3 Å². The lowest BCUT2D eigenvalue weighted by atomic mass is 9.72. The highest BCUT2D eigenvalue weighted by Gasteiger charge is 2.41. The number of likely N-dealkylation sites (N-methyl/N-ethyl adjacent to an activating group) is 1. The Kier molecular flexibility index (Phi) is 9.79. The third kappa shape index (κ3) is 6.84. The van der Waals surface area contributed by atoms with Crippen molar-refractivity contribution >= 4 is 59.5 Å². The molecule has 4 rings (SSSR count). The van der Waals surface area contributed by atoms with Crippen LogP contribution in [-0.4, -0.2) is 107 Å². The highest BCUT2D eigenvalue weighted by atomic mass is 32.1. The third-order valence-electron chi connectivity index (χ3n) is 6.61. The number of urea groups is 1. The molecule has 17 nitrogen and oxygen atoms in total. The Morgan fingerprint density at radius 3 is 2.74 bits per heavy atom. The first-order valence-electron chi connectivity index (χ1n) is 13.1. The number of imide groups is 1. The Bertz CT molecular complexity index is 1450. The van der Waals surface area contributed by atoms with Gasteiger partial charge < -0.3 is 46.6 Å². The van der Waals surface area contributed by atoms with Crippen LogP contribution >= 0.6 is 11.3 Å². The maximum Gasteiger partial charge on any atom is 0.547 e. The van der Waals surface area contributed by atoms with Crippen molar-refractivity contribution in [3.05, 3.63) is 39.9 Å². The number of hydrogen-bond donors (Lipinski definition) is 6. The van der Waals surface area contributed by atoms with E-state index in [0.717, 1.165) is 11.3 Å². The van der Waals surface area contributed by atoms with Gasteiger partial charge in [0, 0.05) is 37.1 Å². The van der Waals surface area contributed by atoms with Gasteiger partial charge >= 0.3 is 30.9 Å². The monoisotopic (exact) mass is 616 g/mol. The number of fused-ring (bicyclic) bond motifs is 1. The number of carbonyl (C=O) groups excluding carboxylic acids is 4. The summed E-state index contributed by atoms with van der Waals surface area (Å²) in [6.07, 6.45) is 1.13. The van der Waals surface area contributed by atoms with Crippen LogP contribution in [0, 0.1) is 0 Å². The van der Waals surface area contributed by atoms with Crippen LogP contribution < -0.4 is 26.8 Å². The fourth-order valence-corrected chi connectivity index (χ4v) is 5.06. The minimum atomic E-state index is -1.69. The zero-order chi connectivity index (χ0) is 31.3. The van der Waals surface area contributed by atoms with Gasteiger partial charge in [-0.3, -0.25) is 19.3 Å². The Balaban J connectivity index is 1.53. The minimum Gasteiger partial charge on any atom is -0.534 e. The molecule has 0 spiro atoms. The number of piperazine rings is 1. The van der Waals surface area contributed by atoms with E-state index < -0.39 is 48.8 Å². The molecule has 1 fully saturated rings. The number of benzene rings is 1.